The molecule has 1 fully saturated rings. The standard InChI is InChI=1S/C18H23N5O3/c1-12-10-13(2)21-18(20-12)26-15-7-5-14(6-8-15)22-16(24)11-23-17(25)4-3-9-19-23/h3-4,9-10,14-15H,5-8,11H2,1-2H3,(H,22,24). The number of aromatic nitrogens is 4. The lowest BCUT2D eigenvalue weighted by Crippen LogP contribution is -2.42. The number of carbonyl (C=O) groups excluding carboxylic acids is 1. The largest absolute Gasteiger partial charge is 0.460 e. The fourth-order valence-electron chi connectivity index (χ4n) is 3.14. The third kappa shape index (κ3) is 4.87. The van der Waals surface area contributed by atoms with Gasteiger partial charge in [0, 0.05) is 29.7 Å². The van der Waals surface area contributed by atoms with Crippen LogP contribution in [0.2, 0.25) is 0 Å². The first-order valence-electron chi connectivity index (χ1n) is 8.80. The van der Waals surface area contributed by atoms with E-state index in [2.05, 4.69) is 20.4 Å². The molecule has 0 radical (unpaired) electrons. The Morgan fingerprint density at radius 1 is 1.23 bits per heavy atom. The summed E-state index contributed by atoms with van der Waals surface area (Å²) >= 11 is 0. The Morgan fingerprint density at radius 2 is 1.92 bits per heavy atom. The Kier molecular flexibility index (Phi) is 5.60. The maximum atomic E-state index is 12.1. The van der Waals surface area contributed by atoms with Crippen LogP contribution in [0.15, 0.2) is 29.2 Å². The molecule has 0 saturated heterocycles. The van der Waals surface area contributed by atoms with Crippen LogP contribution >= 0.6 is 0 Å². The number of aryl methyl sites for hydroxylation is 2. The average molecular weight is 357 g/mol. The zero-order valence-electron chi connectivity index (χ0n) is 15.0. The normalized spacial score (nSPS) is 19.8. The van der Waals surface area contributed by atoms with Crippen molar-refractivity contribution in [2.45, 2.75) is 58.2 Å². The van der Waals surface area contributed by atoms with Gasteiger partial charge in [-0.2, -0.15) is 5.10 Å². The van der Waals surface area contributed by atoms with Crippen LogP contribution in [0.3, 0.4) is 0 Å². The fraction of sp³-hybridized carbons (Fsp3) is 0.500. The molecule has 2 aromatic rings. The molecule has 8 heteroatoms. The zero-order chi connectivity index (χ0) is 18.5. The van der Waals surface area contributed by atoms with Gasteiger partial charge >= 0.3 is 6.01 Å². The summed E-state index contributed by atoms with van der Waals surface area (Å²) in [5.74, 6) is -0.201. The highest BCUT2D eigenvalue weighted by molar-refractivity contribution is 5.75. The summed E-state index contributed by atoms with van der Waals surface area (Å²) in [7, 11) is 0. The molecule has 2 heterocycles. The predicted molar refractivity (Wildman–Crippen MR) is 94.8 cm³/mol. The van der Waals surface area contributed by atoms with Crippen molar-refractivity contribution in [1.82, 2.24) is 25.1 Å². The van der Waals surface area contributed by atoms with E-state index < -0.39 is 0 Å². The summed E-state index contributed by atoms with van der Waals surface area (Å²) in [6.07, 6.45) is 4.83. The van der Waals surface area contributed by atoms with Gasteiger partial charge in [0.25, 0.3) is 5.56 Å². The lowest BCUT2D eigenvalue weighted by Gasteiger charge is -2.29. The highest BCUT2D eigenvalue weighted by Gasteiger charge is 2.24. The van der Waals surface area contributed by atoms with Crippen LogP contribution in [0.5, 0.6) is 6.01 Å². The zero-order valence-corrected chi connectivity index (χ0v) is 15.0. The lowest BCUT2D eigenvalue weighted by molar-refractivity contribution is -0.123. The highest BCUT2D eigenvalue weighted by atomic mass is 16.5. The van der Waals surface area contributed by atoms with E-state index in [1.807, 2.05) is 19.9 Å². The quantitative estimate of drug-likeness (QED) is 0.862. The van der Waals surface area contributed by atoms with Crippen molar-refractivity contribution < 1.29 is 9.53 Å². The van der Waals surface area contributed by atoms with Crippen molar-refractivity contribution in [2.75, 3.05) is 0 Å². The van der Waals surface area contributed by atoms with Crippen molar-refractivity contribution in [1.29, 1.82) is 0 Å². The molecule has 138 valence electrons. The molecule has 0 spiro atoms. The SMILES string of the molecule is Cc1cc(C)nc(OC2CCC(NC(=O)Cn3ncccc3=O)CC2)n1. The van der Waals surface area contributed by atoms with Gasteiger partial charge in [-0.1, -0.05) is 0 Å². The topological polar surface area (TPSA) is 99.0 Å². The second kappa shape index (κ2) is 8.07. The van der Waals surface area contributed by atoms with E-state index in [1.165, 1.54) is 12.3 Å². The maximum Gasteiger partial charge on any atom is 0.317 e. The van der Waals surface area contributed by atoms with Gasteiger partial charge in [0.2, 0.25) is 5.91 Å². The van der Waals surface area contributed by atoms with Gasteiger partial charge in [0.15, 0.2) is 0 Å². The van der Waals surface area contributed by atoms with E-state index in [-0.39, 0.29) is 30.2 Å². The molecular weight excluding hydrogens is 334 g/mol. The molecule has 1 N–H and O–H groups in total. The Labute approximate surface area is 151 Å². The number of hydrogen-bond donors (Lipinski definition) is 1. The van der Waals surface area contributed by atoms with Crippen LogP contribution < -0.4 is 15.6 Å². The minimum Gasteiger partial charge on any atom is -0.460 e. The van der Waals surface area contributed by atoms with Gasteiger partial charge in [-0.3, -0.25) is 9.59 Å². The molecule has 0 atom stereocenters. The van der Waals surface area contributed by atoms with Crippen LogP contribution in [0, 0.1) is 13.8 Å². The van der Waals surface area contributed by atoms with Crippen LogP contribution in [0.1, 0.15) is 37.1 Å². The molecule has 1 aliphatic rings. The highest BCUT2D eigenvalue weighted by Crippen LogP contribution is 2.22. The van der Waals surface area contributed by atoms with E-state index in [0.29, 0.717) is 6.01 Å². The van der Waals surface area contributed by atoms with Gasteiger partial charge in [-0.05, 0) is 51.7 Å². The van der Waals surface area contributed by atoms with Crippen LogP contribution in [0.4, 0.5) is 0 Å². The van der Waals surface area contributed by atoms with E-state index in [4.69, 9.17) is 4.74 Å². The number of rotatable bonds is 5. The third-order valence-corrected chi connectivity index (χ3v) is 4.35. The van der Waals surface area contributed by atoms with Crippen molar-refractivity contribution in [2.24, 2.45) is 0 Å². The van der Waals surface area contributed by atoms with Crippen molar-refractivity contribution in [3.05, 3.63) is 46.1 Å². The summed E-state index contributed by atoms with van der Waals surface area (Å²) < 4.78 is 7.05. The van der Waals surface area contributed by atoms with E-state index in [9.17, 15) is 9.59 Å². The van der Waals surface area contributed by atoms with E-state index in [1.54, 1.807) is 6.07 Å². The molecule has 2 aromatic heterocycles. The Hall–Kier alpha value is -2.77. The first-order valence-corrected chi connectivity index (χ1v) is 8.80. The van der Waals surface area contributed by atoms with E-state index in [0.717, 1.165) is 41.8 Å². The molecule has 26 heavy (non-hydrogen) atoms. The third-order valence-electron chi connectivity index (χ3n) is 4.35. The molecule has 0 aromatic carbocycles. The Morgan fingerprint density at radius 3 is 2.58 bits per heavy atom. The number of nitrogens with zero attached hydrogens (tertiary/aromatic N) is 4. The number of carbonyl (C=O) groups is 1. The van der Waals surface area contributed by atoms with Crippen LogP contribution in [-0.2, 0) is 11.3 Å². The van der Waals surface area contributed by atoms with Crippen molar-refractivity contribution in [3.8, 4) is 6.01 Å². The van der Waals surface area contributed by atoms with Gasteiger partial charge in [-0.15, -0.1) is 0 Å². The molecule has 8 nitrogen and oxygen atoms in total. The van der Waals surface area contributed by atoms with Crippen LogP contribution in [-0.4, -0.2) is 37.8 Å². The number of ether oxygens (including phenoxy) is 1. The molecular formula is C18H23N5O3. The van der Waals surface area contributed by atoms with Gasteiger partial charge in [-0.25, -0.2) is 14.6 Å². The lowest BCUT2D eigenvalue weighted by atomic mass is 9.93. The maximum absolute atomic E-state index is 12.1. The number of nitrogens with one attached hydrogen (secondary N) is 1. The first-order chi connectivity index (χ1) is 12.5. The van der Waals surface area contributed by atoms with E-state index >= 15 is 0 Å². The molecule has 0 bridgehead atoms. The average Bonchev–Trinajstić information content (AvgIpc) is 2.58. The second-order valence-electron chi connectivity index (χ2n) is 6.61. The molecule has 1 saturated carbocycles. The van der Waals surface area contributed by atoms with Gasteiger partial charge in [0.05, 0.1) is 0 Å². The molecule has 3 rings (SSSR count). The minimum atomic E-state index is -0.284. The first kappa shape index (κ1) is 18.0. The molecule has 1 aliphatic carbocycles. The summed E-state index contributed by atoms with van der Waals surface area (Å²) in [6.45, 7) is 3.77. The Balaban J connectivity index is 1.47. The number of amides is 1. The predicted octanol–water partition coefficient (Wildman–Crippen LogP) is 1.16. The molecule has 0 aliphatic heterocycles. The molecule has 0 unspecified atom stereocenters. The summed E-state index contributed by atoms with van der Waals surface area (Å²) in [4.78, 5) is 32.3. The van der Waals surface area contributed by atoms with Crippen molar-refractivity contribution in [3.63, 3.8) is 0 Å². The number of hydrogen-bond acceptors (Lipinski definition) is 6. The summed E-state index contributed by atoms with van der Waals surface area (Å²) in [5.41, 5.74) is 1.49. The van der Waals surface area contributed by atoms with Gasteiger partial charge in [0.1, 0.15) is 12.6 Å². The minimum absolute atomic E-state index is 0.0581. The summed E-state index contributed by atoms with van der Waals surface area (Å²) in [5, 5.41) is 6.87. The van der Waals surface area contributed by atoms with Gasteiger partial charge < -0.3 is 10.1 Å². The smallest absolute Gasteiger partial charge is 0.317 e. The van der Waals surface area contributed by atoms with Crippen molar-refractivity contribution >= 4 is 5.91 Å². The Bertz CT molecular complexity index is 807. The molecule has 1 amide bonds. The summed E-state index contributed by atoms with van der Waals surface area (Å²) in [6, 6.07) is 5.35. The fourth-order valence-corrected chi connectivity index (χ4v) is 3.14. The monoisotopic (exact) mass is 357 g/mol. The van der Waals surface area contributed by atoms with Crippen LogP contribution in [0.25, 0.3) is 0 Å². The second-order valence-corrected chi connectivity index (χ2v) is 6.61.